The zero-order chi connectivity index (χ0) is 10.9. The van der Waals surface area contributed by atoms with E-state index in [-0.39, 0.29) is 0 Å². The van der Waals surface area contributed by atoms with Crippen molar-refractivity contribution in [3.05, 3.63) is 30.1 Å². The van der Waals surface area contributed by atoms with Gasteiger partial charge in [-0.15, -0.1) is 0 Å². The standard InChI is InChI=1S/C13H22N2/c1-3-4-5-6-10-15-12(2)13-8-7-9-14-11-13/h7-9,11-12,15H,3-6,10H2,1-2H3/t12-/m1/s1. The maximum Gasteiger partial charge on any atom is 0.0315 e. The van der Waals surface area contributed by atoms with Crippen molar-refractivity contribution < 1.29 is 0 Å². The SMILES string of the molecule is CCCCCCN[C@H](C)c1cccnc1. The first-order valence-corrected chi connectivity index (χ1v) is 5.98. The normalized spacial score (nSPS) is 12.7. The molecule has 1 aromatic rings. The van der Waals surface area contributed by atoms with Crippen LogP contribution in [0.5, 0.6) is 0 Å². The van der Waals surface area contributed by atoms with E-state index in [1.54, 1.807) is 0 Å². The molecule has 1 rings (SSSR count). The summed E-state index contributed by atoms with van der Waals surface area (Å²) in [6.45, 7) is 5.54. The van der Waals surface area contributed by atoms with Gasteiger partial charge in [-0.25, -0.2) is 0 Å². The third kappa shape index (κ3) is 4.93. The van der Waals surface area contributed by atoms with E-state index >= 15 is 0 Å². The number of pyridine rings is 1. The minimum absolute atomic E-state index is 0.417. The van der Waals surface area contributed by atoms with Gasteiger partial charge in [0.15, 0.2) is 0 Å². The van der Waals surface area contributed by atoms with Crippen molar-refractivity contribution >= 4 is 0 Å². The first-order valence-electron chi connectivity index (χ1n) is 5.98. The summed E-state index contributed by atoms with van der Waals surface area (Å²) in [5.41, 5.74) is 1.27. The first-order chi connectivity index (χ1) is 7.34. The molecule has 0 unspecified atom stereocenters. The minimum atomic E-state index is 0.417. The van der Waals surface area contributed by atoms with Crippen LogP contribution in [-0.2, 0) is 0 Å². The molecule has 1 atom stereocenters. The highest BCUT2D eigenvalue weighted by Gasteiger charge is 2.02. The Morgan fingerprint density at radius 3 is 2.87 bits per heavy atom. The molecule has 0 aliphatic carbocycles. The van der Waals surface area contributed by atoms with Crippen molar-refractivity contribution in [3.8, 4) is 0 Å². The van der Waals surface area contributed by atoms with E-state index in [0.717, 1.165) is 6.54 Å². The predicted octanol–water partition coefficient (Wildman–Crippen LogP) is 3.31. The van der Waals surface area contributed by atoms with Crippen LogP contribution in [0.25, 0.3) is 0 Å². The molecule has 2 nitrogen and oxygen atoms in total. The van der Waals surface area contributed by atoms with Crippen LogP contribution in [-0.4, -0.2) is 11.5 Å². The van der Waals surface area contributed by atoms with Crippen LogP contribution < -0.4 is 5.32 Å². The van der Waals surface area contributed by atoms with E-state index in [1.807, 2.05) is 18.5 Å². The largest absolute Gasteiger partial charge is 0.310 e. The van der Waals surface area contributed by atoms with Crippen molar-refractivity contribution in [2.45, 2.75) is 45.6 Å². The Labute approximate surface area is 93.1 Å². The Kier molecular flexibility index (Phi) is 6.02. The second kappa shape index (κ2) is 7.41. The fourth-order valence-electron chi connectivity index (χ4n) is 1.62. The topological polar surface area (TPSA) is 24.9 Å². The molecule has 84 valence electrons. The highest BCUT2D eigenvalue weighted by Crippen LogP contribution is 2.09. The van der Waals surface area contributed by atoms with Gasteiger partial charge in [0, 0.05) is 18.4 Å². The molecule has 0 spiro atoms. The fourth-order valence-corrected chi connectivity index (χ4v) is 1.62. The van der Waals surface area contributed by atoms with Crippen LogP contribution in [0.15, 0.2) is 24.5 Å². The van der Waals surface area contributed by atoms with Crippen molar-refractivity contribution in [1.29, 1.82) is 0 Å². The summed E-state index contributed by atoms with van der Waals surface area (Å²) >= 11 is 0. The molecule has 1 N–H and O–H groups in total. The smallest absolute Gasteiger partial charge is 0.0315 e. The summed E-state index contributed by atoms with van der Waals surface area (Å²) in [5, 5.41) is 3.52. The molecule has 1 heterocycles. The molecule has 15 heavy (non-hydrogen) atoms. The zero-order valence-electron chi connectivity index (χ0n) is 9.87. The molecular formula is C13H22N2. The van der Waals surface area contributed by atoms with Crippen LogP contribution in [0.4, 0.5) is 0 Å². The van der Waals surface area contributed by atoms with Gasteiger partial charge in [0.05, 0.1) is 0 Å². The Morgan fingerprint density at radius 2 is 2.20 bits per heavy atom. The maximum absolute atomic E-state index is 4.12. The third-order valence-corrected chi connectivity index (χ3v) is 2.67. The molecule has 1 aromatic heterocycles. The summed E-state index contributed by atoms with van der Waals surface area (Å²) in [7, 11) is 0. The second-order valence-electron chi connectivity index (χ2n) is 4.02. The summed E-state index contributed by atoms with van der Waals surface area (Å²) in [6, 6.07) is 4.53. The molecule has 0 fully saturated rings. The number of rotatable bonds is 7. The quantitative estimate of drug-likeness (QED) is 0.692. The third-order valence-electron chi connectivity index (χ3n) is 2.67. The Morgan fingerprint density at radius 1 is 1.33 bits per heavy atom. The zero-order valence-corrected chi connectivity index (χ0v) is 9.87. The number of nitrogens with zero attached hydrogens (tertiary/aromatic N) is 1. The van der Waals surface area contributed by atoms with Gasteiger partial charge in [0.1, 0.15) is 0 Å². The molecule has 0 aliphatic rings. The molecule has 0 bridgehead atoms. The van der Waals surface area contributed by atoms with Crippen molar-refractivity contribution in [3.63, 3.8) is 0 Å². The highest BCUT2D eigenvalue weighted by molar-refractivity contribution is 5.12. The van der Waals surface area contributed by atoms with Crippen LogP contribution in [0.1, 0.15) is 51.1 Å². The first kappa shape index (κ1) is 12.2. The van der Waals surface area contributed by atoms with E-state index in [1.165, 1.54) is 31.2 Å². The van der Waals surface area contributed by atoms with Gasteiger partial charge in [-0.05, 0) is 31.5 Å². The van der Waals surface area contributed by atoms with E-state index in [0.29, 0.717) is 6.04 Å². The van der Waals surface area contributed by atoms with E-state index < -0.39 is 0 Å². The molecular weight excluding hydrogens is 184 g/mol. The average molecular weight is 206 g/mol. The van der Waals surface area contributed by atoms with Crippen LogP contribution in [0.2, 0.25) is 0 Å². The van der Waals surface area contributed by atoms with Crippen molar-refractivity contribution in [1.82, 2.24) is 10.3 Å². The number of hydrogen-bond acceptors (Lipinski definition) is 2. The minimum Gasteiger partial charge on any atom is -0.310 e. The van der Waals surface area contributed by atoms with E-state index in [4.69, 9.17) is 0 Å². The molecule has 0 radical (unpaired) electrons. The predicted molar refractivity (Wildman–Crippen MR) is 64.8 cm³/mol. The van der Waals surface area contributed by atoms with Gasteiger partial charge in [0.25, 0.3) is 0 Å². The molecule has 0 saturated carbocycles. The number of unbranched alkanes of at least 4 members (excludes halogenated alkanes) is 3. The Bertz CT molecular complexity index is 246. The number of nitrogens with one attached hydrogen (secondary N) is 1. The lowest BCUT2D eigenvalue weighted by molar-refractivity contribution is 0.535. The van der Waals surface area contributed by atoms with Crippen LogP contribution in [0, 0.1) is 0 Å². The Balaban J connectivity index is 2.16. The van der Waals surface area contributed by atoms with Crippen LogP contribution >= 0.6 is 0 Å². The van der Waals surface area contributed by atoms with Crippen LogP contribution in [0.3, 0.4) is 0 Å². The number of aromatic nitrogens is 1. The van der Waals surface area contributed by atoms with Gasteiger partial charge in [-0.3, -0.25) is 4.98 Å². The summed E-state index contributed by atoms with van der Waals surface area (Å²) in [6.07, 6.45) is 9.02. The summed E-state index contributed by atoms with van der Waals surface area (Å²) in [5.74, 6) is 0. The summed E-state index contributed by atoms with van der Waals surface area (Å²) < 4.78 is 0. The summed E-state index contributed by atoms with van der Waals surface area (Å²) in [4.78, 5) is 4.12. The molecule has 0 aromatic carbocycles. The highest BCUT2D eigenvalue weighted by atomic mass is 14.9. The van der Waals surface area contributed by atoms with Gasteiger partial charge in [0.2, 0.25) is 0 Å². The van der Waals surface area contributed by atoms with E-state index in [9.17, 15) is 0 Å². The van der Waals surface area contributed by atoms with Crippen molar-refractivity contribution in [2.75, 3.05) is 6.54 Å². The van der Waals surface area contributed by atoms with Gasteiger partial charge in [-0.1, -0.05) is 32.3 Å². The maximum atomic E-state index is 4.12. The molecule has 0 amide bonds. The second-order valence-corrected chi connectivity index (χ2v) is 4.02. The Hall–Kier alpha value is -0.890. The lowest BCUT2D eigenvalue weighted by atomic mass is 10.1. The van der Waals surface area contributed by atoms with E-state index in [2.05, 4.69) is 30.2 Å². The number of hydrogen-bond donors (Lipinski definition) is 1. The lowest BCUT2D eigenvalue weighted by Crippen LogP contribution is -2.19. The molecule has 0 saturated heterocycles. The van der Waals surface area contributed by atoms with Gasteiger partial charge < -0.3 is 5.32 Å². The lowest BCUT2D eigenvalue weighted by Gasteiger charge is -2.13. The van der Waals surface area contributed by atoms with Gasteiger partial charge >= 0.3 is 0 Å². The van der Waals surface area contributed by atoms with Gasteiger partial charge in [-0.2, -0.15) is 0 Å². The monoisotopic (exact) mass is 206 g/mol. The van der Waals surface area contributed by atoms with Crippen molar-refractivity contribution in [2.24, 2.45) is 0 Å². The fraction of sp³-hybridized carbons (Fsp3) is 0.615. The molecule has 0 aliphatic heterocycles. The molecule has 2 heteroatoms. The average Bonchev–Trinajstić information content (AvgIpc) is 2.30.